The van der Waals surface area contributed by atoms with Crippen LogP contribution in [0.5, 0.6) is 0 Å². The summed E-state index contributed by atoms with van der Waals surface area (Å²) in [5.41, 5.74) is -0.0682. The van der Waals surface area contributed by atoms with E-state index in [-0.39, 0.29) is 17.9 Å². The van der Waals surface area contributed by atoms with Gasteiger partial charge in [-0.05, 0) is 31.2 Å². The standard InChI is InChI=1S/C19H27N3O3S/c1-20(2)18(24)22-11-9-19(25)8-10-21(12-14(19)13-22)17(23)15-6-4-5-7-16(15)26-3/h4-7,14,25H,8-13H2,1-3H3. The van der Waals surface area contributed by atoms with E-state index in [9.17, 15) is 14.7 Å². The molecule has 3 rings (SSSR count). The Morgan fingerprint density at radius 3 is 2.42 bits per heavy atom. The van der Waals surface area contributed by atoms with Crippen LogP contribution in [-0.4, -0.2) is 83.9 Å². The minimum atomic E-state index is -0.779. The Kier molecular flexibility index (Phi) is 5.48. The molecule has 1 N–H and O–H groups in total. The molecule has 1 aromatic carbocycles. The highest BCUT2D eigenvalue weighted by atomic mass is 32.2. The summed E-state index contributed by atoms with van der Waals surface area (Å²) in [4.78, 5) is 31.4. The molecule has 142 valence electrons. The number of thioether (sulfide) groups is 1. The first-order valence-electron chi connectivity index (χ1n) is 8.96. The van der Waals surface area contributed by atoms with Crippen molar-refractivity contribution in [3.63, 3.8) is 0 Å². The summed E-state index contributed by atoms with van der Waals surface area (Å²) in [6, 6.07) is 7.59. The number of carbonyl (C=O) groups excluding carboxylic acids is 2. The second-order valence-corrected chi connectivity index (χ2v) is 8.22. The van der Waals surface area contributed by atoms with Crippen LogP contribution in [0.3, 0.4) is 0 Å². The summed E-state index contributed by atoms with van der Waals surface area (Å²) >= 11 is 1.56. The van der Waals surface area contributed by atoms with Crippen LogP contribution in [0.15, 0.2) is 29.2 Å². The molecule has 3 amide bonds. The molecule has 1 aromatic rings. The van der Waals surface area contributed by atoms with Gasteiger partial charge in [0.25, 0.3) is 5.91 Å². The van der Waals surface area contributed by atoms with Gasteiger partial charge in [0, 0.05) is 51.1 Å². The molecule has 0 aromatic heterocycles. The van der Waals surface area contributed by atoms with Crippen molar-refractivity contribution in [3.8, 4) is 0 Å². The van der Waals surface area contributed by atoms with Gasteiger partial charge < -0.3 is 19.8 Å². The Labute approximate surface area is 159 Å². The molecule has 0 radical (unpaired) electrons. The average Bonchev–Trinajstić information content (AvgIpc) is 2.65. The number of hydrogen-bond donors (Lipinski definition) is 1. The Balaban J connectivity index is 1.75. The van der Waals surface area contributed by atoms with Crippen molar-refractivity contribution in [1.29, 1.82) is 0 Å². The van der Waals surface area contributed by atoms with Crippen LogP contribution in [0.25, 0.3) is 0 Å². The van der Waals surface area contributed by atoms with Crippen LogP contribution in [0.4, 0.5) is 4.79 Å². The monoisotopic (exact) mass is 377 g/mol. The van der Waals surface area contributed by atoms with Gasteiger partial charge in [-0.3, -0.25) is 4.79 Å². The van der Waals surface area contributed by atoms with Gasteiger partial charge in [0.2, 0.25) is 0 Å². The summed E-state index contributed by atoms with van der Waals surface area (Å²) in [6.45, 7) is 2.08. The summed E-state index contributed by atoms with van der Waals surface area (Å²) in [5, 5.41) is 11.0. The van der Waals surface area contributed by atoms with Crippen molar-refractivity contribution in [1.82, 2.24) is 14.7 Å². The number of fused-ring (bicyclic) bond motifs is 1. The number of piperidine rings is 2. The second kappa shape index (κ2) is 7.48. The average molecular weight is 378 g/mol. The molecule has 2 aliphatic rings. The van der Waals surface area contributed by atoms with Crippen LogP contribution >= 0.6 is 11.8 Å². The number of hydrogen-bond acceptors (Lipinski definition) is 4. The zero-order valence-corrected chi connectivity index (χ0v) is 16.5. The topological polar surface area (TPSA) is 64.1 Å². The minimum Gasteiger partial charge on any atom is -0.389 e. The molecular formula is C19H27N3O3S. The van der Waals surface area contributed by atoms with Gasteiger partial charge in [-0.15, -0.1) is 11.8 Å². The fraction of sp³-hybridized carbons (Fsp3) is 0.579. The van der Waals surface area contributed by atoms with E-state index in [1.165, 1.54) is 0 Å². The third kappa shape index (κ3) is 3.55. The van der Waals surface area contributed by atoms with E-state index < -0.39 is 5.60 Å². The first-order chi connectivity index (χ1) is 12.4. The summed E-state index contributed by atoms with van der Waals surface area (Å²) in [7, 11) is 3.47. The fourth-order valence-electron chi connectivity index (χ4n) is 3.94. The van der Waals surface area contributed by atoms with E-state index in [2.05, 4.69) is 0 Å². The maximum atomic E-state index is 13.0. The lowest BCUT2D eigenvalue weighted by molar-refractivity contribution is -0.101. The van der Waals surface area contributed by atoms with Gasteiger partial charge in [-0.25, -0.2) is 4.79 Å². The van der Waals surface area contributed by atoms with Crippen molar-refractivity contribution in [3.05, 3.63) is 29.8 Å². The zero-order valence-electron chi connectivity index (χ0n) is 15.6. The molecule has 2 unspecified atom stereocenters. The highest BCUT2D eigenvalue weighted by Gasteiger charge is 2.47. The van der Waals surface area contributed by atoms with Gasteiger partial charge in [-0.1, -0.05) is 12.1 Å². The molecule has 7 heteroatoms. The quantitative estimate of drug-likeness (QED) is 0.801. The van der Waals surface area contributed by atoms with Gasteiger partial charge in [0.15, 0.2) is 0 Å². The highest BCUT2D eigenvalue weighted by molar-refractivity contribution is 7.98. The van der Waals surface area contributed by atoms with Crippen LogP contribution < -0.4 is 0 Å². The SMILES string of the molecule is CSc1ccccc1C(=O)N1CCC2(O)CCN(C(=O)N(C)C)CC2C1. The van der Waals surface area contributed by atoms with E-state index in [1.54, 1.807) is 35.7 Å². The van der Waals surface area contributed by atoms with E-state index in [1.807, 2.05) is 35.4 Å². The molecule has 6 nitrogen and oxygen atoms in total. The Morgan fingerprint density at radius 2 is 1.77 bits per heavy atom. The van der Waals surface area contributed by atoms with Gasteiger partial charge in [0.1, 0.15) is 0 Å². The summed E-state index contributed by atoms with van der Waals surface area (Å²) < 4.78 is 0. The molecule has 0 saturated carbocycles. The second-order valence-electron chi connectivity index (χ2n) is 7.37. The minimum absolute atomic E-state index is 0.00746. The first-order valence-corrected chi connectivity index (χ1v) is 10.2. The van der Waals surface area contributed by atoms with Crippen LogP contribution in [-0.2, 0) is 0 Å². The van der Waals surface area contributed by atoms with Crippen molar-refractivity contribution < 1.29 is 14.7 Å². The van der Waals surface area contributed by atoms with Crippen molar-refractivity contribution in [2.45, 2.75) is 23.3 Å². The zero-order chi connectivity index (χ0) is 18.9. The maximum absolute atomic E-state index is 13.0. The molecular weight excluding hydrogens is 350 g/mol. The highest BCUT2D eigenvalue weighted by Crippen LogP contribution is 2.36. The van der Waals surface area contributed by atoms with Crippen molar-refractivity contribution >= 4 is 23.7 Å². The number of carbonyl (C=O) groups is 2. The number of amides is 3. The lowest BCUT2D eigenvalue weighted by atomic mass is 9.75. The van der Waals surface area contributed by atoms with Crippen LogP contribution in [0.2, 0.25) is 0 Å². The smallest absolute Gasteiger partial charge is 0.319 e. The summed E-state index contributed by atoms with van der Waals surface area (Å²) in [5.74, 6) is -0.104. The fourth-order valence-corrected chi connectivity index (χ4v) is 4.53. The molecule has 26 heavy (non-hydrogen) atoms. The molecule has 0 bridgehead atoms. The number of rotatable bonds is 2. The predicted octanol–water partition coefficient (Wildman–Crippen LogP) is 1.99. The normalized spacial score (nSPS) is 25.6. The lowest BCUT2D eigenvalue weighted by Crippen LogP contribution is -2.62. The summed E-state index contributed by atoms with van der Waals surface area (Å²) in [6.07, 6.45) is 3.10. The Hall–Kier alpha value is -1.73. The van der Waals surface area contributed by atoms with E-state index in [4.69, 9.17) is 0 Å². The van der Waals surface area contributed by atoms with E-state index in [0.29, 0.717) is 44.6 Å². The third-order valence-electron chi connectivity index (χ3n) is 5.55. The molecule has 2 saturated heterocycles. The van der Waals surface area contributed by atoms with E-state index in [0.717, 1.165) is 4.90 Å². The first kappa shape index (κ1) is 19.0. The largest absolute Gasteiger partial charge is 0.389 e. The predicted molar refractivity (Wildman–Crippen MR) is 102 cm³/mol. The number of aliphatic hydroxyl groups is 1. The lowest BCUT2D eigenvalue weighted by Gasteiger charge is -2.50. The Bertz CT molecular complexity index is 696. The molecule has 2 atom stereocenters. The number of urea groups is 1. The molecule has 0 spiro atoms. The maximum Gasteiger partial charge on any atom is 0.319 e. The van der Waals surface area contributed by atoms with Gasteiger partial charge >= 0.3 is 6.03 Å². The van der Waals surface area contributed by atoms with Crippen molar-refractivity contribution in [2.75, 3.05) is 46.5 Å². The van der Waals surface area contributed by atoms with Crippen LogP contribution in [0.1, 0.15) is 23.2 Å². The third-order valence-corrected chi connectivity index (χ3v) is 6.34. The van der Waals surface area contributed by atoms with E-state index >= 15 is 0 Å². The molecule has 2 aliphatic heterocycles. The van der Waals surface area contributed by atoms with Crippen LogP contribution in [0, 0.1) is 5.92 Å². The molecule has 0 aliphatic carbocycles. The van der Waals surface area contributed by atoms with Crippen molar-refractivity contribution in [2.24, 2.45) is 5.92 Å². The molecule has 2 heterocycles. The van der Waals surface area contributed by atoms with Gasteiger partial charge in [0.05, 0.1) is 11.2 Å². The number of benzene rings is 1. The number of nitrogens with zero attached hydrogens (tertiary/aromatic N) is 3. The molecule has 2 fully saturated rings. The number of likely N-dealkylation sites (tertiary alicyclic amines) is 2. The van der Waals surface area contributed by atoms with Gasteiger partial charge in [-0.2, -0.15) is 0 Å². The Morgan fingerprint density at radius 1 is 1.15 bits per heavy atom.